The highest BCUT2D eigenvalue weighted by Gasteiger charge is 2.22. The van der Waals surface area contributed by atoms with Crippen molar-refractivity contribution in [2.75, 3.05) is 11.4 Å². The van der Waals surface area contributed by atoms with Crippen LogP contribution in [0.5, 0.6) is 0 Å². The molecular formula is C21H26N2O3S. The molecule has 0 fully saturated rings. The topological polar surface area (TPSA) is 66.5 Å². The van der Waals surface area contributed by atoms with Gasteiger partial charge in [0.1, 0.15) is 0 Å². The number of carbonyl (C=O) groups is 1. The lowest BCUT2D eigenvalue weighted by atomic mass is 10.0. The molecule has 0 aromatic heterocycles. The van der Waals surface area contributed by atoms with Gasteiger partial charge in [-0.3, -0.25) is 4.79 Å². The van der Waals surface area contributed by atoms with Gasteiger partial charge in [-0.1, -0.05) is 38.1 Å². The van der Waals surface area contributed by atoms with Gasteiger partial charge in [0.05, 0.1) is 4.90 Å². The van der Waals surface area contributed by atoms with E-state index in [9.17, 15) is 13.2 Å². The third kappa shape index (κ3) is 4.57. The maximum absolute atomic E-state index is 12.6. The zero-order valence-corrected chi connectivity index (χ0v) is 16.8. The Balaban J connectivity index is 1.68. The number of benzene rings is 2. The van der Waals surface area contributed by atoms with E-state index in [0.29, 0.717) is 12.5 Å². The summed E-state index contributed by atoms with van der Waals surface area (Å²) in [7, 11) is -3.56. The predicted octanol–water partition coefficient (Wildman–Crippen LogP) is 3.27. The van der Waals surface area contributed by atoms with Crippen molar-refractivity contribution in [3.8, 4) is 0 Å². The third-order valence-corrected chi connectivity index (χ3v) is 6.18. The first-order valence-corrected chi connectivity index (χ1v) is 10.7. The highest BCUT2D eigenvalue weighted by atomic mass is 32.2. The fourth-order valence-corrected chi connectivity index (χ4v) is 4.45. The second-order valence-electron chi connectivity index (χ2n) is 7.45. The van der Waals surface area contributed by atoms with Crippen LogP contribution in [0.3, 0.4) is 0 Å². The number of rotatable bonds is 6. The van der Waals surface area contributed by atoms with Crippen LogP contribution in [0.2, 0.25) is 0 Å². The van der Waals surface area contributed by atoms with E-state index in [4.69, 9.17) is 0 Å². The summed E-state index contributed by atoms with van der Waals surface area (Å²) in [4.78, 5) is 13.7. The average molecular weight is 387 g/mol. The molecule has 1 aliphatic heterocycles. The van der Waals surface area contributed by atoms with Gasteiger partial charge in [0.2, 0.25) is 15.9 Å². The molecule has 2 aromatic carbocycles. The smallest absolute Gasteiger partial charge is 0.240 e. The Morgan fingerprint density at radius 1 is 1.11 bits per heavy atom. The Bertz CT molecular complexity index is 934. The summed E-state index contributed by atoms with van der Waals surface area (Å²) in [5, 5.41) is 0. The van der Waals surface area contributed by atoms with Crippen molar-refractivity contribution in [3.05, 3.63) is 59.2 Å². The van der Waals surface area contributed by atoms with E-state index < -0.39 is 10.0 Å². The van der Waals surface area contributed by atoms with Gasteiger partial charge < -0.3 is 4.90 Å². The van der Waals surface area contributed by atoms with Crippen LogP contribution in [0, 0.1) is 5.92 Å². The summed E-state index contributed by atoms with van der Waals surface area (Å²) in [6, 6.07) is 12.8. The first-order chi connectivity index (χ1) is 12.8. The van der Waals surface area contributed by atoms with Crippen LogP contribution >= 0.6 is 0 Å². The number of hydrogen-bond donors (Lipinski definition) is 1. The molecule has 2 aromatic rings. The van der Waals surface area contributed by atoms with Crippen LogP contribution in [0.25, 0.3) is 0 Å². The summed E-state index contributed by atoms with van der Waals surface area (Å²) >= 11 is 0. The second kappa shape index (κ2) is 7.82. The molecule has 0 saturated heterocycles. The predicted molar refractivity (Wildman–Crippen MR) is 107 cm³/mol. The van der Waals surface area contributed by atoms with Crippen molar-refractivity contribution in [1.82, 2.24) is 4.72 Å². The van der Waals surface area contributed by atoms with E-state index in [2.05, 4.69) is 18.6 Å². The Morgan fingerprint density at radius 3 is 2.41 bits per heavy atom. The van der Waals surface area contributed by atoms with Crippen molar-refractivity contribution >= 4 is 21.6 Å². The molecule has 0 bridgehead atoms. The quantitative estimate of drug-likeness (QED) is 0.829. The van der Waals surface area contributed by atoms with E-state index >= 15 is 0 Å². The maximum atomic E-state index is 12.6. The minimum Gasteiger partial charge on any atom is -0.312 e. The van der Waals surface area contributed by atoms with Crippen LogP contribution in [-0.2, 0) is 34.2 Å². The van der Waals surface area contributed by atoms with Crippen molar-refractivity contribution in [2.45, 2.75) is 45.1 Å². The van der Waals surface area contributed by atoms with Gasteiger partial charge in [-0.05, 0) is 53.6 Å². The van der Waals surface area contributed by atoms with Crippen LogP contribution in [0.15, 0.2) is 47.4 Å². The number of anilines is 1. The molecule has 1 aliphatic rings. The minimum absolute atomic E-state index is 0.0307. The molecule has 27 heavy (non-hydrogen) atoms. The normalized spacial score (nSPS) is 13.9. The van der Waals surface area contributed by atoms with Crippen molar-refractivity contribution < 1.29 is 13.2 Å². The lowest BCUT2D eigenvalue weighted by molar-refractivity contribution is -0.116. The van der Waals surface area contributed by atoms with E-state index in [1.54, 1.807) is 24.0 Å². The van der Waals surface area contributed by atoms with Gasteiger partial charge in [0.15, 0.2) is 0 Å². The minimum atomic E-state index is -3.56. The Labute approximate surface area is 161 Å². The van der Waals surface area contributed by atoms with Crippen LogP contribution in [0.1, 0.15) is 37.5 Å². The number of fused-ring (bicyclic) bond motifs is 1. The standard InChI is InChI=1S/C21H26N2O3S/c1-15(2)12-17-4-7-20(8-5-17)27(25,26)22-14-18-6-9-21-19(13-18)10-11-23(21)16(3)24/h4-9,13,15,22H,10-12,14H2,1-3H3. The number of carbonyl (C=O) groups excluding carboxylic acids is 1. The van der Waals surface area contributed by atoms with Crippen molar-refractivity contribution in [2.24, 2.45) is 5.92 Å². The molecule has 144 valence electrons. The van der Waals surface area contributed by atoms with E-state index in [-0.39, 0.29) is 17.3 Å². The monoisotopic (exact) mass is 386 g/mol. The first kappa shape index (κ1) is 19.6. The molecular weight excluding hydrogens is 360 g/mol. The molecule has 0 saturated carbocycles. The second-order valence-corrected chi connectivity index (χ2v) is 9.22. The zero-order chi connectivity index (χ0) is 19.6. The highest BCUT2D eigenvalue weighted by Crippen LogP contribution is 2.29. The summed E-state index contributed by atoms with van der Waals surface area (Å²) in [5.74, 6) is 0.562. The van der Waals surface area contributed by atoms with Crippen LogP contribution < -0.4 is 9.62 Å². The molecule has 6 heteroatoms. The Hall–Kier alpha value is -2.18. The van der Waals surface area contributed by atoms with Gasteiger partial charge >= 0.3 is 0 Å². The van der Waals surface area contributed by atoms with Crippen LogP contribution in [0.4, 0.5) is 5.69 Å². The van der Waals surface area contributed by atoms with E-state index in [0.717, 1.165) is 35.2 Å². The zero-order valence-electron chi connectivity index (χ0n) is 16.0. The summed E-state index contributed by atoms with van der Waals surface area (Å²) in [6.45, 7) is 6.74. The van der Waals surface area contributed by atoms with Gasteiger partial charge in [0, 0.05) is 25.7 Å². The number of sulfonamides is 1. The number of amides is 1. The maximum Gasteiger partial charge on any atom is 0.240 e. The van der Waals surface area contributed by atoms with E-state index in [1.165, 1.54) is 0 Å². The lowest BCUT2D eigenvalue weighted by Crippen LogP contribution is -2.25. The van der Waals surface area contributed by atoms with E-state index in [1.807, 2.05) is 30.3 Å². The lowest BCUT2D eigenvalue weighted by Gasteiger charge is -2.15. The summed E-state index contributed by atoms with van der Waals surface area (Å²) in [6.07, 6.45) is 1.73. The fourth-order valence-electron chi connectivity index (χ4n) is 3.43. The number of nitrogens with one attached hydrogen (secondary N) is 1. The molecule has 5 nitrogen and oxygen atoms in total. The SMILES string of the molecule is CC(=O)N1CCc2cc(CNS(=O)(=O)c3ccc(CC(C)C)cc3)ccc21. The molecule has 1 N–H and O–H groups in total. The number of hydrogen-bond acceptors (Lipinski definition) is 3. The molecule has 0 unspecified atom stereocenters. The highest BCUT2D eigenvalue weighted by molar-refractivity contribution is 7.89. The molecule has 3 rings (SSSR count). The average Bonchev–Trinajstić information content (AvgIpc) is 3.03. The first-order valence-electron chi connectivity index (χ1n) is 9.25. The van der Waals surface area contributed by atoms with Gasteiger partial charge in [-0.2, -0.15) is 0 Å². The molecule has 0 radical (unpaired) electrons. The van der Waals surface area contributed by atoms with Crippen molar-refractivity contribution in [1.29, 1.82) is 0 Å². The third-order valence-electron chi connectivity index (χ3n) is 4.76. The number of nitrogens with zero attached hydrogens (tertiary/aromatic N) is 1. The Kier molecular flexibility index (Phi) is 5.67. The fraction of sp³-hybridized carbons (Fsp3) is 0.381. The largest absolute Gasteiger partial charge is 0.312 e. The molecule has 0 spiro atoms. The molecule has 0 aliphatic carbocycles. The van der Waals surface area contributed by atoms with Gasteiger partial charge in [0.25, 0.3) is 0 Å². The van der Waals surface area contributed by atoms with Crippen molar-refractivity contribution in [3.63, 3.8) is 0 Å². The summed E-state index contributed by atoms with van der Waals surface area (Å²) in [5.41, 5.74) is 4.03. The molecule has 0 atom stereocenters. The summed E-state index contributed by atoms with van der Waals surface area (Å²) < 4.78 is 27.8. The van der Waals surface area contributed by atoms with Gasteiger partial charge in [-0.15, -0.1) is 0 Å². The Morgan fingerprint density at radius 2 is 1.78 bits per heavy atom. The molecule has 1 amide bonds. The van der Waals surface area contributed by atoms with Crippen LogP contribution in [-0.4, -0.2) is 20.9 Å². The van der Waals surface area contributed by atoms with Gasteiger partial charge in [-0.25, -0.2) is 13.1 Å². The molecule has 1 heterocycles.